The summed E-state index contributed by atoms with van der Waals surface area (Å²) >= 11 is 0. The summed E-state index contributed by atoms with van der Waals surface area (Å²) in [5.74, 6) is -0.0435. The average molecular weight is 275 g/mol. The standard InChI is InChI=1S/C14H17N3O3/c1-8-9(14(19)20)4-5-12(16-8)17-6-2-3-10-11(17)7-15-13(10)18/h4-5,10-11H,2-3,6-7H2,1H3,(H,15,18)(H,19,20). The van der Waals surface area contributed by atoms with E-state index < -0.39 is 5.97 Å². The number of amides is 1. The first-order valence-electron chi connectivity index (χ1n) is 6.83. The Morgan fingerprint density at radius 3 is 3.00 bits per heavy atom. The van der Waals surface area contributed by atoms with Crippen LogP contribution in [0.4, 0.5) is 5.82 Å². The first-order chi connectivity index (χ1) is 9.58. The number of nitrogens with one attached hydrogen (secondary N) is 1. The second-order valence-electron chi connectivity index (χ2n) is 5.36. The van der Waals surface area contributed by atoms with Gasteiger partial charge in [0.2, 0.25) is 5.91 Å². The van der Waals surface area contributed by atoms with Gasteiger partial charge in [-0.3, -0.25) is 4.79 Å². The first kappa shape index (κ1) is 12.9. The van der Waals surface area contributed by atoms with Crippen molar-refractivity contribution in [1.29, 1.82) is 0 Å². The molecule has 2 unspecified atom stereocenters. The number of aromatic carboxylic acids is 1. The number of rotatable bonds is 2. The van der Waals surface area contributed by atoms with Gasteiger partial charge in [0.05, 0.1) is 23.2 Å². The van der Waals surface area contributed by atoms with Crippen LogP contribution in [0.1, 0.15) is 28.9 Å². The number of fused-ring (bicyclic) bond motifs is 1. The molecule has 3 rings (SSSR count). The monoisotopic (exact) mass is 275 g/mol. The molecule has 1 aromatic rings. The van der Waals surface area contributed by atoms with Crippen LogP contribution in [-0.2, 0) is 4.79 Å². The Hall–Kier alpha value is -2.11. The molecule has 1 amide bonds. The third-order valence-corrected chi connectivity index (χ3v) is 4.20. The Morgan fingerprint density at radius 2 is 2.30 bits per heavy atom. The number of carboxylic acid groups (broad SMARTS) is 1. The molecule has 2 atom stereocenters. The zero-order chi connectivity index (χ0) is 14.3. The molecule has 2 N–H and O–H groups in total. The second-order valence-corrected chi connectivity index (χ2v) is 5.36. The molecule has 0 saturated carbocycles. The van der Waals surface area contributed by atoms with Gasteiger partial charge in [-0.15, -0.1) is 0 Å². The lowest BCUT2D eigenvalue weighted by Gasteiger charge is -2.37. The van der Waals surface area contributed by atoms with E-state index in [1.165, 1.54) is 0 Å². The van der Waals surface area contributed by atoms with E-state index in [2.05, 4.69) is 15.2 Å². The summed E-state index contributed by atoms with van der Waals surface area (Å²) in [6, 6.07) is 3.47. The van der Waals surface area contributed by atoms with Crippen LogP contribution in [0.5, 0.6) is 0 Å². The maximum atomic E-state index is 11.8. The van der Waals surface area contributed by atoms with Gasteiger partial charge in [0, 0.05) is 13.1 Å². The van der Waals surface area contributed by atoms with E-state index in [1.807, 2.05) is 0 Å². The third-order valence-electron chi connectivity index (χ3n) is 4.20. The van der Waals surface area contributed by atoms with Crippen LogP contribution >= 0.6 is 0 Å². The molecular formula is C14H17N3O3. The molecule has 106 valence electrons. The van der Waals surface area contributed by atoms with Crippen molar-refractivity contribution in [3.8, 4) is 0 Å². The molecule has 6 nitrogen and oxygen atoms in total. The molecular weight excluding hydrogens is 258 g/mol. The largest absolute Gasteiger partial charge is 0.478 e. The highest BCUT2D eigenvalue weighted by atomic mass is 16.4. The van der Waals surface area contributed by atoms with Gasteiger partial charge in [0.1, 0.15) is 5.82 Å². The molecule has 2 aliphatic rings. The Bertz CT molecular complexity index is 573. The number of carbonyl (C=O) groups is 2. The number of carbonyl (C=O) groups excluding carboxylic acids is 1. The van der Waals surface area contributed by atoms with Gasteiger partial charge in [-0.05, 0) is 31.9 Å². The molecule has 20 heavy (non-hydrogen) atoms. The van der Waals surface area contributed by atoms with Crippen LogP contribution in [0.15, 0.2) is 12.1 Å². The minimum absolute atomic E-state index is 0.0324. The first-order valence-corrected chi connectivity index (χ1v) is 6.83. The van der Waals surface area contributed by atoms with Crippen molar-refractivity contribution in [3.05, 3.63) is 23.4 Å². The van der Waals surface area contributed by atoms with Gasteiger partial charge < -0.3 is 15.3 Å². The summed E-state index contributed by atoms with van der Waals surface area (Å²) in [5.41, 5.74) is 0.734. The molecule has 2 fully saturated rings. The Kier molecular flexibility index (Phi) is 3.08. The van der Waals surface area contributed by atoms with Crippen LogP contribution in [-0.4, -0.2) is 41.1 Å². The maximum absolute atomic E-state index is 11.8. The van der Waals surface area contributed by atoms with Gasteiger partial charge in [-0.1, -0.05) is 0 Å². The van der Waals surface area contributed by atoms with Crippen molar-refractivity contribution in [1.82, 2.24) is 10.3 Å². The lowest BCUT2D eigenvalue weighted by Crippen LogP contribution is -2.46. The predicted octanol–water partition coefficient (Wildman–Crippen LogP) is 0.803. The van der Waals surface area contributed by atoms with E-state index in [0.29, 0.717) is 12.2 Å². The number of pyridine rings is 1. The molecule has 3 heterocycles. The lowest BCUT2D eigenvalue weighted by atomic mass is 9.91. The predicted molar refractivity (Wildman–Crippen MR) is 72.8 cm³/mol. The number of anilines is 1. The zero-order valence-electron chi connectivity index (χ0n) is 11.3. The van der Waals surface area contributed by atoms with Crippen LogP contribution in [0, 0.1) is 12.8 Å². The normalized spacial score (nSPS) is 25.2. The van der Waals surface area contributed by atoms with Crippen LogP contribution in [0.25, 0.3) is 0 Å². The van der Waals surface area contributed by atoms with Crippen molar-refractivity contribution in [2.75, 3.05) is 18.0 Å². The number of aryl methyl sites for hydroxylation is 1. The topological polar surface area (TPSA) is 82.5 Å². The number of nitrogens with zero attached hydrogens (tertiary/aromatic N) is 2. The zero-order valence-corrected chi connectivity index (χ0v) is 11.3. The van der Waals surface area contributed by atoms with E-state index >= 15 is 0 Å². The summed E-state index contributed by atoms with van der Waals surface area (Å²) in [5, 5.41) is 11.9. The number of piperidine rings is 1. The Labute approximate surface area is 116 Å². The highest BCUT2D eigenvalue weighted by Crippen LogP contribution is 2.30. The van der Waals surface area contributed by atoms with E-state index in [-0.39, 0.29) is 23.4 Å². The van der Waals surface area contributed by atoms with Gasteiger partial charge in [0.25, 0.3) is 0 Å². The van der Waals surface area contributed by atoms with Crippen molar-refractivity contribution in [3.63, 3.8) is 0 Å². The molecule has 0 bridgehead atoms. The minimum atomic E-state index is -0.962. The fourth-order valence-corrected chi connectivity index (χ4v) is 3.17. The van der Waals surface area contributed by atoms with Crippen LogP contribution in [0.2, 0.25) is 0 Å². The summed E-state index contributed by atoms with van der Waals surface area (Å²) in [6.45, 7) is 3.20. The molecule has 0 aromatic carbocycles. The molecule has 0 spiro atoms. The smallest absolute Gasteiger partial charge is 0.337 e. The summed E-state index contributed by atoms with van der Waals surface area (Å²) in [7, 11) is 0. The molecule has 6 heteroatoms. The summed E-state index contributed by atoms with van der Waals surface area (Å²) in [6.07, 6.45) is 1.87. The van der Waals surface area contributed by atoms with Crippen LogP contribution in [0.3, 0.4) is 0 Å². The van der Waals surface area contributed by atoms with Gasteiger partial charge in [-0.25, -0.2) is 9.78 Å². The van der Waals surface area contributed by atoms with Gasteiger partial charge in [-0.2, -0.15) is 0 Å². The summed E-state index contributed by atoms with van der Waals surface area (Å²) in [4.78, 5) is 29.3. The molecule has 1 aromatic heterocycles. The second kappa shape index (κ2) is 4.77. The molecule has 0 radical (unpaired) electrons. The highest BCUT2D eigenvalue weighted by Gasteiger charge is 2.41. The number of hydrogen-bond donors (Lipinski definition) is 2. The number of aromatic nitrogens is 1. The Morgan fingerprint density at radius 1 is 1.50 bits per heavy atom. The van der Waals surface area contributed by atoms with E-state index in [0.717, 1.165) is 25.2 Å². The van der Waals surface area contributed by atoms with E-state index in [4.69, 9.17) is 5.11 Å². The molecule has 2 aliphatic heterocycles. The average Bonchev–Trinajstić information content (AvgIpc) is 2.80. The van der Waals surface area contributed by atoms with Crippen molar-refractivity contribution >= 4 is 17.7 Å². The van der Waals surface area contributed by atoms with Crippen molar-refractivity contribution in [2.24, 2.45) is 5.92 Å². The SMILES string of the molecule is Cc1nc(N2CCCC3C(=O)NCC32)ccc1C(=O)O. The van der Waals surface area contributed by atoms with Crippen LogP contribution < -0.4 is 10.2 Å². The van der Waals surface area contributed by atoms with E-state index in [1.54, 1.807) is 19.1 Å². The number of hydrogen-bond acceptors (Lipinski definition) is 4. The summed E-state index contributed by atoms with van der Waals surface area (Å²) < 4.78 is 0. The fraction of sp³-hybridized carbons (Fsp3) is 0.500. The van der Waals surface area contributed by atoms with Gasteiger partial charge >= 0.3 is 5.97 Å². The fourth-order valence-electron chi connectivity index (χ4n) is 3.17. The quantitative estimate of drug-likeness (QED) is 0.834. The highest BCUT2D eigenvalue weighted by molar-refractivity contribution is 5.89. The van der Waals surface area contributed by atoms with Crippen molar-refractivity contribution < 1.29 is 14.7 Å². The lowest BCUT2D eigenvalue weighted by molar-refractivity contribution is -0.123. The van der Waals surface area contributed by atoms with E-state index in [9.17, 15) is 9.59 Å². The molecule has 0 aliphatic carbocycles. The minimum Gasteiger partial charge on any atom is -0.478 e. The van der Waals surface area contributed by atoms with Gasteiger partial charge in [0.15, 0.2) is 0 Å². The Balaban J connectivity index is 1.90. The molecule has 2 saturated heterocycles. The third kappa shape index (κ3) is 2.01. The number of carboxylic acids is 1. The maximum Gasteiger partial charge on any atom is 0.337 e. The van der Waals surface area contributed by atoms with Crippen molar-refractivity contribution in [2.45, 2.75) is 25.8 Å².